The van der Waals surface area contributed by atoms with Crippen molar-refractivity contribution in [1.82, 2.24) is 19.9 Å². The fraction of sp³-hybridized carbons (Fsp3) is 0.296. The van der Waals surface area contributed by atoms with E-state index in [4.69, 9.17) is 14.1 Å². The van der Waals surface area contributed by atoms with Gasteiger partial charge >= 0.3 is 0 Å². The molecule has 7 nitrogen and oxygen atoms in total. The summed E-state index contributed by atoms with van der Waals surface area (Å²) in [5, 5.41) is 0.622. The Labute approximate surface area is 208 Å². The molecule has 8 heteroatoms. The molecular weight excluding hydrogens is 460 g/mol. The Hall–Kier alpha value is -3.36. The zero-order chi connectivity index (χ0) is 24.4. The third-order valence-electron chi connectivity index (χ3n) is 6.23. The van der Waals surface area contributed by atoms with E-state index in [1.54, 1.807) is 7.11 Å². The van der Waals surface area contributed by atoms with E-state index in [0.29, 0.717) is 23.3 Å². The summed E-state index contributed by atoms with van der Waals surface area (Å²) in [6.07, 6.45) is 0.754. The van der Waals surface area contributed by atoms with Crippen molar-refractivity contribution in [3.05, 3.63) is 92.7 Å². The third-order valence-corrected chi connectivity index (χ3v) is 7.11. The number of H-pyrrole nitrogens is 1. The molecule has 35 heavy (non-hydrogen) atoms. The van der Waals surface area contributed by atoms with Crippen molar-refractivity contribution < 1.29 is 9.15 Å². The minimum absolute atomic E-state index is 0.0610. The Morgan fingerprint density at radius 3 is 2.60 bits per heavy atom. The molecule has 1 aliphatic rings. The average Bonchev–Trinajstić information content (AvgIpc) is 3.24. The summed E-state index contributed by atoms with van der Waals surface area (Å²) >= 11 is 1.48. The van der Waals surface area contributed by atoms with Crippen molar-refractivity contribution >= 4 is 11.8 Å². The van der Waals surface area contributed by atoms with Crippen LogP contribution < -0.4 is 10.3 Å². The van der Waals surface area contributed by atoms with E-state index in [1.165, 1.54) is 22.9 Å². The molecule has 1 N–H and O–H groups in total. The fourth-order valence-corrected chi connectivity index (χ4v) is 5.05. The van der Waals surface area contributed by atoms with Crippen LogP contribution in [0, 0.1) is 13.8 Å². The van der Waals surface area contributed by atoms with E-state index in [1.807, 2.05) is 43.3 Å². The van der Waals surface area contributed by atoms with Crippen molar-refractivity contribution in [2.75, 3.05) is 13.7 Å². The molecule has 0 atom stereocenters. The topological polar surface area (TPSA) is 84.2 Å². The van der Waals surface area contributed by atoms with Gasteiger partial charge in [-0.2, -0.15) is 0 Å². The maximum Gasteiger partial charge on any atom is 0.256 e. The molecule has 0 aliphatic carbocycles. The fourth-order valence-electron chi connectivity index (χ4n) is 4.17. The molecule has 1 aliphatic heterocycles. The van der Waals surface area contributed by atoms with Crippen LogP contribution in [0.5, 0.6) is 5.75 Å². The van der Waals surface area contributed by atoms with Gasteiger partial charge in [0.15, 0.2) is 5.16 Å². The molecule has 2 aromatic heterocycles. The number of fused-ring (bicyclic) bond motifs is 1. The molecule has 0 unspecified atom stereocenters. The largest absolute Gasteiger partial charge is 0.497 e. The lowest BCUT2D eigenvalue weighted by Gasteiger charge is -2.27. The number of aryl methyl sites for hydroxylation is 2. The number of ether oxygens (including phenoxy) is 1. The van der Waals surface area contributed by atoms with Crippen LogP contribution in [-0.2, 0) is 25.3 Å². The first-order valence-electron chi connectivity index (χ1n) is 11.6. The maximum atomic E-state index is 12.9. The number of thioether (sulfide) groups is 1. The molecule has 0 amide bonds. The zero-order valence-electron chi connectivity index (χ0n) is 20.1. The summed E-state index contributed by atoms with van der Waals surface area (Å²) < 4.78 is 11.1. The molecule has 5 rings (SSSR count). The third kappa shape index (κ3) is 5.33. The average molecular weight is 489 g/mol. The summed E-state index contributed by atoms with van der Waals surface area (Å²) in [5.41, 5.74) is 5.78. The maximum absolute atomic E-state index is 12.9. The van der Waals surface area contributed by atoms with Crippen molar-refractivity contribution in [3.8, 4) is 17.2 Å². The van der Waals surface area contributed by atoms with Crippen LogP contribution in [0.25, 0.3) is 11.5 Å². The van der Waals surface area contributed by atoms with E-state index < -0.39 is 0 Å². The summed E-state index contributed by atoms with van der Waals surface area (Å²) in [6, 6.07) is 16.2. The highest BCUT2D eigenvalue weighted by molar-refractivity contribution is 7.98. The number of hydrogen-bond acceptors (Lipinski definition) is 7. The molecule has 4 aromatic rings. The summed E-state index contributed by atoms with van der Waals surface area (Å²) in [7, 11) is 1.66. The molecule has 0 saturated heterocycles. The Morgan fingerprint density at radius 1 is 1.09 bits per heavy atom. The number of methoxy groups -OCH3 is 1. The van der Waals surface area contributed by atoms with Gasteiger partial charge in [-0.05, 0) is 43.7 Å². The van der Waals surface area contributed by atoms with Crippen LogP contribution in [-0.4, -0.2) is 33.5 Å². The summed E-state index contributed by atoms with van der Waals surface area (Å²) in [6.45, 7) is 6.21. The predicted octanol–water partition coefficient (Wildman–Crippen LogP) is 4.90. The minimum Gasteiger partial charge on any atom is -0.497 e. The standard InChI is InChI=1S/C27H28N4O3S/c1-17-4-8-20(9-5-17)26-28-24(18(2)34-26)16-35-27-29-23-12-13-31(15-22(23)25(32)30-27)14-19-6-10-21(33-3)11-7-19/h4-11H,12-16H2,1-3H3,(H,29,30,32). The monoisotopic (exact) mass is 488 g/mol. The van der Waals surface area contributed by atoms with Gasteiger partial charge in [-0.3, -0.25) is 9.69 Å². The van der Waals surface area contributed by atoms with Crippen LogP contribution in [0.2, 0.25) is 0 Å². The zero-order valence-corrected chi connectivity index (χ0v) is 20.9. The van der Waals surface area contributed by atoms with E-state index in [-0.39, 0.29) is 5.56 Å². The quantitative estimate of drug-likeness (QED) is 0.293. The van der Waals surface area contributed by atoms with Gasteiger partial charge in [0.05, 0.1) is 24.1 Å². The second-order valence-electron chi connectivity index (χ2n) is 8.78. The molecule has 0 saturated carbocycles. The van der Waals surface area contributed by atoms with Gasteiger partial charge < -0.3 is 14.1 Å². The molecule has 0 radical (unpaired) electrons. The normalized spacial score (nSPS) is 13.6. The predicted molar refractivity (Wildman–Crippen MR) is 137 cm³/mol. The molecule has 3 heterocycles. The van der Waals surface area contributed by atoms with Crippen LogP contribution in [0.15, 0.2) is 62.9 Å². The molecule has 0 fully saturated rings. The lowest BCUT2D eigenvalue weighted by atomic mass is 10.1. The lowest BCUT2D eigenvalue weighted by Crippen LogP contribution is -2.35. The van der Waals surface area contributed by atoms with E-state index in [2.05, 4.69) is 33.9 Å². The van der Waals surface area contributed by atoms with Gasteiger partial charge in [0.2, 0.25) is 5.89 Å². The van der Waals surface area contributed by atoms with E-state index in [0.717, 1.165) is 53.5 Å². The number of benzene rings is 2. The highest BCUT2D eigenvalue weighted by atomic mass is 32.2. The minimum atomic E-state index is -0.0610. The Balaban J connectivity index is 1.25. The SMILES string of the molecule is COc1ccc(CN2CCc3nc(SCc4nc(-c5ccc(C)cc5)oc4C)[nH]c(=O)c3C2)cc1. The number of rotatable bonds is 7. The van der Waals surface area contributed by atoms with Crippen molar-refractivity contribution in [1.29, 1.82) is 0 Å². The van der Waals surface area contributed by atoms with E-state index in [9.17, 15) is 4.79 Å². The number of hydrogen-bond donors (Lipinski definition) is 1. The smallest absolute Gasteiger partial charge is 0.256 e. The number of oxazole rings is 1. The van der Waals surface area contributed by atoms with Crippen LogP contribution >= 0.6 is 11.8 Å². The lowest BCUT2D eigenvalue weighted by molar-refractivity contribution is 0.241. The van der Waals surface area contributed by atoms with Gasteiger partial charge in [0.25, 0.3) is 5.56 Å². The van der Waals surface area contributed by atoms with Crippen molar-refractivity contribution in [2.45, 2.75) is 44.3 Å². The number of nitrogens with zero attached hydrogens (tertiary/aromatic N) is 3. The van der Waals surface area contributed by atoms with Crippen LogP contribution in [0.4, 0.5) is 0 Å². The molecule has 0 bridgehead atoms. The first-order valence-corrected chi connectivity index (χ1v) is 12.6. The first kappa shape index (κ1) is 23.4. The van der Waals surface area contributed by atoms with Gasteiger partial charge in [0, 0.05) is 37.4 Å². The number of aromatic amines is 1. The first-order chi connectivity index (χ1) is 17.0. The van der Waals surface area contributed by atoms with Crippen molar-refractivity contribution in [2.24, 2.45) is 0 Å². The van der Waals surface area contributed by atoms with E-state index >= 15 is 0 Å². The number of nitrogens with one attached hydrogen (secondary N) is 1. The highest BCUT2D eigenvalue weighted by Gasteiger charge is 2.22. The van der Waals surface area contributed by atoms with Crippen LogP contribution in [0.1, 0.15) is 33.8 Å². The van der Waals surface area contributed by atoms with Gasteiger partial charge in [-0.15, -0.1) is 0 Å². The Bertz CT molecular complexity index is 1380. The highest BCUT2D eigenvalue weighted by Crippen LogP contribution is 2.27. The molecule has 2 aromatic carbocycles. The van der Waals surface area contributed by atoms with Gasteiger partial charge in [-0.25, -0.2) is 9.97 Å². The summed E-state index contributed by atoms with van der Waals surface area (Å²) in [4.78, 5) is 27.6. The molecular formula is C27H28N4O3S. The summed E-state index contributed by atoms with van der Waals surface area (Å²) in [5.74, 6) is 2.81. The van der Waals surface area contributed by atoms with Crippen LogP contribution in [0.3, 0.4) is 0 Å². The Morgan fingerprint density at radius 2 is 1.86 bits per heavy atom. The van der Waals surface area contributed by atoms with Gasteiger partial charge in [0.1, 0.15) is 11.5 Å². The number of aromatic nitrogens is 3. The molecule has 0 spiro atoms. The second kappa shape index (κ2) is 10.1. The van der Waals surface area contributed by atoms with Gasteiger partial charge in [-0.1, -0.05) is 41.6 Å². The Kier molecular flexibility index (Phi) is 6.74. The van der Waals surface area contributed by atoms with Crippen molar-refractivity contribution in [3.63, 3.8) is 0 Å². The molecule has 180 valence electrons. The second-order valence-corrected chi connectivity index (χ2v) is 9.75.